The van der Waals surface area contributed by atoms with Gasteiger partial charge in [-0.2, -0.15) is 0 Å². The Kier molecular flexibility index (Phi) is 5.44. The van der Waals surface area contributed by atoms with Crippen molar-refractivity contribution in [2.45, 2.75) is 38.6 Å². The first kappa shape index (κ1) is 15.6. The van der Waals surface area contributed by atoms with E-state index < -0.39 is 0 Å². The van der Waals surface area contributed by atoms with E-state index in [1.807, 2.05) is 0 Å². The first-order valence-electron chi connectivity index (χ1n) is 7.57. The number of benzene rings is 1. The molecule has 0 aliphatic carbocycles. The summed E-state index contributed by atoms with van der Waals surface area (Å²) in [6.07, 6.45) is 4.85. The summed E-state index contributed by atoms with van der Waals surface area (Å²) in [5.41, 5.74) is 7.08. The van der Waals surface area contributed by atoms with Gasteiger partial charge in [-0.25, -0.2) is 0 Å². The van der Waals surface area contributed by atoms with Crippen molar-refractivity contribution in [3.05, 3.63) is 18.2 Å². The summed E-state index contributed by atoms with van der Waals surface area (Å²) in [5, 5.41) is 2.89. The van der Waals surface area contributed by atoms with E-state index in [-0.39, 0.29) is 5.91 Å². The van der Waals surface area contributed by atoms with Gasteiger partial charge in [0.2, 0.25) is 5.91 Å². The Balaban J connectivity index is 1.94. The van der Waals surface area contributed by atoms with E-state index in [1.54, 1.807) is 25.3 Å². The highest BCUT2D eigenvalue weighted by molar-refractivity contribution is 5.95. The lowest BCUT2D eigenvalue weighted by Crippen LogP contribution is -2.39. The number of carbonyl (C=O) groups is 1. The second kappa shape index (κ2) is 7.31. The van der Waals surface area contributed by atoms with E-state index >= 15 is 0 Å². The number of ether oxygens (including phenoxy) is 1. The number of nitrogens with two attached hydrogens (primary N) is 1. The molecule has 0 bridgehead atoms. The van der Waals surface area contributed by atoms with Gasteiger partial charge in [0.15, 0.2) is 0 Å². The van der Waals surface area contributed by atoms with E-state index in [2.05, 4.69) is 17.1 Å². The van der Waals surface area contributed by atoms with Gasteiger partial charge in [0.1, 0.15) is 5.75 Å². The molecule has 5 nitrogen and oxygen atoms in total. The topological polar surface area (TPSA) is 67.6 Å². The average Bonchev–Trinajstić information content (AvgIpc) is 2.66. The van der Waals surface area contributed by atoms with E-state index in [1.165, 1.54) is 19.3 Å². The predicted molar refractivity (Wildman–Crippen MR) is 85.5 cm³/mol. The fraction of sp³-hybridized carbons (Fsp3) is 0.562. The van der Waals surface area contributed by atoms with E-state index in [9.17, 15) is 4.79 Å². The van der Waals surface area contributed by atoms with Crippen molar-refractivity contribution in [1.82, 2.24) is 4.90 Å². The third-order valence-electron chi connectivity index (χ3n) is 4.07. The zero-order valence-electron chi connectivity index (χ0n) is 12.9. The van der Waals surface area contributed by atoms with Crippen LogP contribution in [0.4, 0.5) is 11.4 Å². The van der Waals surface area contributed by atoms with Gasteiger partial charge < -0.3 is 15.8 Å². The SMILES string of the molecule is COc1ccc(NC(=O)CN2CCCCCC2C)c(N)c1. The number of amides is 1. The molecule has 0 spiro atoms. The van der Waals surface area contributed by atoms with Crippen LogP contribution in [-0.4, -0.2) is 37.0 Å². The van der Waals surface area contributed by atoms with Crippen LogP contribution < -0.4 is 15.8 Å². The maximum atomic E-state index is 12.2. The molecule has 1 aromatic carbocycles. The molecule has 1 heterocycles. The lowest BCUT2D eigenvalue weighted by molar-refractivity contribution is -0.117. The molecule has 116 valence electrons. The lowest BCUT2D eigenvalue weighted by Gasteiger charge is -2.26. The quantitative estimate of drug-likeness (QED) is 0.836. The van der Waals surface area contributed by atoms with Gasteiger partial charge in [0.05, 0.1) is 25.0 Å². The number of hydrogen-bond donors (Lipinski definition) is 2. The van der Waals surface area contributed by atoms with Crippen LogP contribution in [0, 0.1) is 0 Å². The molecular formula is C16H25N3O2. The Morgan fingerprint density at radius 2 is 2.24 bits per heavy atom. The zero-order chi connectivity index (χ0) is 15.2. The molecule has 21 heavy (non-hydrogen) atoms. The van der Waals surface area contributed by atoms with Crippen LogP contribution >= 0.6 is 0 Å². The molecular weight excluding hydrogens is 266 g/mol. The molecule has 1 aliphatic rings. The molecule has 1 aliphatic heterocycles. The summed E-state index contributed by atoms with van der Waals surface area (Å²) < 4.78 is 5.10. The number of rotatable bonds is 4. The Morgan fingerprint density at radius 1 is 1.43 bits per heavy atom. The van der Waals surface area contributed by atoms with Crippen molar-refractivity contribution in [3.63, 3.8) is 0 Å². The molecule has 1 amide bonds. The van der Waals surface area contributed by atoms with Crippen LogP contribution in [0.3, 0.4) is 0 Å². The standard InChI is InChI=1S/C16H25N3O2/c1-12-6-4-3-5-9-19(12)11-16(20)18-15-8-7-13(21-2)10-14(15)17/h7-8,10,12H,3-6,9,11,17H2,1-2H3,(H,18,20). The van der Waals surface area contributed by atoms with Gasteiger partial charge in [-0.1, -0.05) is 12.8 Å². The maximum Gasteiger partial charge on any atom is 0.238 e. The Morgan fingerprint density at radius 3 is 2.95 bits per heavy atom. The van der Waals surface area contributed by atoms with Gasteiger partial charge in [-0.05, 0) is 38.4 Å². The molecule has 0 saturated carbocycles. The molecule has 0 aromatic heterocycles. The molecule has 0 radical (unpaired) electrons. The number of carbonyl (C=O) groups excluding carboxylic acids is 1. The van der Waals surface area contributed by atoms with Crippen LogP contribution in [0.1, 0.15) is 32.6 Å². The molecule has 1 atom stereocenters. The van der Waals surface area contributed by atoms with Crippen LogP contribution in [-0.2, 0) is 4.79 Å². The summed E-state index contributed by atoms with van der Waals surface area (Å²) in [7, 11) is 1.59. The molecule has 1 unspecified atom stereocenters. The molecule has 1 aromatic rings. The summed E-state index contributed by atoms with van der Waals surface area (Å²) in [4.78, 5) is 14.5. The number of nitrogens with one attached hydrogen (secondary N) is 1. The van der Waals surface area contributed by atoms with Crippen LogP contribution in [0.15, 0.2) is 18.2 Å². The van der Waals surface area contributed by atoms with Gasteiger partial charge >= 0.3 is 0 Å². The van der Waals surface area contributed by atoms with Gasteiger partial charge in [-0.3, -0.25) is 9.69 Å². The van der Waals surface area contributed by atoms with Gasteiger partial charge in [0, 0.05) is 12.1 Å². The fourth-order valence-electron chi connectivity index (χ4n) is 2.73. The predicted octanol–water partition coefficient (Wildman–Crippen LogP) is 2.48. The van der Waals surface area contributed by atoms with Gasteiger partial charge in [-0.15, -0.1) is 0 Å². The molecule has 3 N–H and O–H groups in total. The second-order valence-corrected chi connectivity index (χ2v) is 5.67. The number of nitrogens with zero attached hydrogens (tertiary/aromatic N) is 1. The monoisotopic (exact) mass is 291 g/mol. The van der Waals surface area contributed by atoms with Crippen molar-refractivity contribution in [2.24, 2.45) is 0 Å². The molecule has 2 rings (SSSR count). The van der Waals surface area contributed by atoms with Crippen molar-refractivity contribution < 1.29 is 9.53 Å². The summed E-state index contributed by atoms with van der Waals surface area (Å²) in [6.45, 7) is 3.61. The van der Waals surface area contributed by atoms with Crippen molar-refractivity contribution in [1.29, 1.82) is 0 Å². The third-order valence-corrected chi connectivity index (χ3v) is 4.07. The molecule has 1 fully saturated rings. The van der Waals surface area contributed by atoms with E-state index in [4.69, 9.17) is 10.5 Å². The first-order chi connectivity index (χ1) is 10.1. The minimum absolute atomic E-state index is 0.0133. The van der Waals surface area contributed by atoms with Crippen LogP contribution in [0.25, 0.3) is 0 Å². The van der Waals surface area contributed by atoms with Crippen molar-refractivity contribution in [3.8, 4) is 5.75 Å². The van der Waals surface area contributed by atoms with Gasteiger partial charge in [0.25, 0.3) is 0 Å². The smallest absolute Gasteiger partial charge is 0.238 e. The average molecular weight is 291 g/mol. The second-order valence-electron chi connectivity index (χ2n) is 5.67. The number of likely N-dealkylation sites (tertiary alicyclic amines) is 1. The van der Waals surface area contributed by atoms with E-state index in [0.29, 0.717) is 29.7 Å². The maximum absolute atomic E-state index is 12.2. The number of hydrogen-bond acceptors (Lipinski definition) is 4. The van der Waals surface area contributed by atoms with Crippen molar-refractivity contribution >= 4 is 17.3 Å². The van der Waals surface area contributed by atoms with Crippen molar-refractivity contribution in [2.75, 3.05) is 31.2 Å². The normalized spacial score (nSPS) is 19.8. The Bertz CT molecular complexity index is 490. The van der Waals surface area contributed by atoms with Crippen LogP contribution in [0.5, 0.6) is 5.75 Å². The summed E-state index contributed by atoms with van der Waals surface area (Å²) in [5.74, 6) is 0.673. The third kappa shape index (κ3) is 4.36. The molecule has 1 saturated heterocycles. The first-order valence-corrected chi connectivity index (χ1v) is 7.57. The minimum Gasteiger partial charge on any atom is -0.497 e. The Labute approximate surface area is 126 Å². The highest BCUT2D eigenvalue weighted by Crippen LogP contribution is 2.24. The summed E-state index contributed by atoms with van der Waals surface area (Å²) in [6, 6.07) is 5.74. The highest BCUT2D eigenvalue weighted by Gasteiger charge is 2.19. The van der Waals surface area contributed by atoms with E-state index in [0.717, 1.165) is 13.0 Å². The fourth-order valence-corrected chi connectivity index (χ4v) is 2.73. The van der Waals surface area contributed by atoms with Crippen LogP contribution in [0.2, 0.25) is 0 Å². The zero-order valence-corrected chi connectivity index (χ0v) is 12.9. The number of anilines is 2. The number of nitrogen functional groups attached to an aromatic ring is 1. The largest absolute Gasteiger partial charge is 0.497 e. The minimum atomic E-state index is -0.0133. The highest BCUT2D eigenvalue weighted by atomic mass is 16.5. The number of methoxy groups -OCH3 is 1. The molecule has 5 heteroatoms. The lowest BCUT2D eigenvalue weighted by atomic mass is 10.1. The Hall–Kier alpha value is -1.75. The summed E-state index contributed by atoms with van der Waals surface area (Å²) >= 11 is 0.